The highest BCUT2D eigenvalue weighted by molar-refractivity contribution is 7.89. The second kappa shape index (κ2) is 7.47. The molecule has 1 N–H and O–H groups in total. The van der Waals surface area contributed by atoms with Gasteiger partial charge in [-0.1, -0.05) is 36.4 Å². The lowest BCUT2D eigenvalue weighted by molar-refractivity contribution is 0.205. The molecule has 2 aromatic carbocycles. The Morgan fingerprint density at radius 2 is 1.71 bits per heavy atom. The molecule has 3 heterocycles. The van der Waals surface area contributed by atoms with Gasteiger partial charge in [-0.2, -0.15) is 4.31 Å². The molecule has 3 aromatic rings. The van der Waals surface area contributed by atoms with Crippen molar-refractivity contribution in [2.75, 3.05) is 26.2 Å². The van der Waals surface area contributed by atoms with Gasteiger partial charge in [0, 0.05) is 26.2 Å². The van der Waals surface area contributed by atoms with Crippen molar-refractivity contribution in [1.82, 2.24) is 24.8 Å². The van der Waals surface area contributed by atoms with E-state index in [1.54, 1.807) is 17.0 Å². The van der Waals surface area contributed by atoms with Crippen molar-refractivity contribution in [3.63, 3.8) is 0 Å². The Hall–Kier alpha value is -3.24. The largest absolute Gasteiger partial charge is 0.331 e. The number of benzene rings is 2. The van der Waals surface area contributed by atoms with Crippen LogP contribution in [-0.4, -0.2) is 60.1 Å². The first-order valence-corrected chi connectivity index (χ1v) is 11.4. The fourth-order valence-electron chi connectivity index (χ4n) is 4.09. The van der Waals surface area contributed by atoms with E-state index in [4.69, 9.17) is 4.63 Å². The van der Waals surface area contributed by atoms with Crippen molar-refractivity contribution in [2.24, 2.45) is 0 Å². The summed E-state index contributed by atoms with van der Waals surface area (Å²) in [6, 6.07) is 14.3. The van der Waals surface area contributed by atoms with E-state index in [0.29, 0.717) is 18.6 Å². The quantitative estimate of drug-likeness (QED) is 0.625. The number of hydrogen-bond acceptors (Lipinski definition) is 6. The molecule has 2 aliphatic heterocycles. The van der Waals surface area contributed by atoms with Gasteiger partial charge in [-0.3, -0.25) is 0 Å². The topological polar surface area (TPSA) is 109 Å². The van der Waals surface area contributed by atoms with Gasteiger partial charge >= 0.3 is 6.03 Å². The van der Waals surface area contributed by atoms with Gasteiger partial charge in [0.1, 0.15) is 10.4 Å². The first-order chi connectivity index (χ1) is 14.9. The van der Waals surface area contributed by atoms with Gasteiger partial charge in [0.15, 0.2) is 5.52 Å². The molecule has 0 radical (unpaired) electrons. The molecule has 0 aliphatic carbocycles. The van der Waals surface area contributed by atoms with E-state index in [2.05, 4.69) is 15.6 Å². The maximum absolute atomic E-state index is 13.2. The summed E-state index contributed by atoms with van der Waals surface area (Å²) in [7, 11) is -3.76. The monoisotopic (exact) mass is 439 g/mol. The molecule has 9 nitrogen and oxygen atoms in total. The summed E-state index contributed by atoms with van der Waals surface area (Å²) in [5.74, 6) is 0. The number of carbonyl (C=O) groups excluding carboxylic acids is 1. The number of hydrogen-bond donors (Lipinski definition) is 1. The fourth-order valence-corrected chi connectivity index (χ4v) is 5.66. The maximum Gasteiger partial charge on any atom is 0.318 e. The van der Waals surface area contributed by atoms with E-state index in [0.717, 1.165) is 16.7 Å². The molecule has 10 heteroatoms. The second-order valence-corrected chi connectivity index (χ2v) is 9.71. The Morgan fingerprint density at radius 1 is 1.00 bits per heavy atom. The van der Waals surface area contributed by atoms with Gasteiger partial charge in [0.25, 0.3) is 0 Å². The second-order valence-electron chi connectivity index (χ2n) is 7.81. The first kappa shape index (κ1) is 19.7. The Labute approximate surface area is 179 Å². The fraction of sp³-hybridized carbons (Fsp3) is 0.286. The van der Waals surface area contributed by atoms with E-state index in [1.165, 1.54) is 10.4 Å². The number of rotatable bonds is 4. The Bertz CT molecular complexity index is 1270. The van der Waals surface area contributed by atoms with Crippen LogP contribution in [-0.2, 0) is 10.0 Å². The molecule has 2 amide bonds. The minimum absolute atomic E-state index is 0.0821. The van der Waals surface area contributed by atoms with E-state index >= 15 is 0 Å². The highest BCUT2D eigenvalue weighted by atomic mass is 32.2. The van der Waals surface area contributed by atoms with Crippen LogP contribution in [0.5, 0.6) is 0 Å². The molecule has 1 atom stereocenters. The van der Waals surface area contributed by atoms with E-state index in [-0.39, 0.29) is 35.6 Å². The molecule has 2 aliphatic rings. The zero-order chi connectivity index (χ0) is 21.6. The summed E-state index contributed by atoms with van der Waals surface area (Å²) in [5.41, 5.74) is 3.60. The molecule has 0 saturated carbocycles. The number of aromatic nitrogens is 2. The van der Waals surface area contributed by atoms with Crippen LogP contribution in [0.1, 0.15) is 18.5 Å². The standard InChI is InChI=1S/C21H21N5O4S/c1-14(15-6-3-2-4-7-15)22-21(27)25-10-16-12-26(13-17(16)11-25)31(28,29)19-9-5-8-18-20(19)24-30-23-18/h2-9,14H,10-13H2,1H3,(H,22,27)/t14-/m0/s1. The average Bonchev–Trinajstić information content (AvgIpc) is 3.48. The normalized spacial score (nSPS) is 17.9. The number of fused-ring (bicyclic) bond motifs is 1. The average molecular weight is 439 g/mol. The van der Waals surface area contributed by atoms with Crippen molar-refractivity contribution in [1.29, 1.82) is 0 Å². The molecule has 0 unspecified atom stereocenters. The zero-order valence-corrected chi connectivity index (χ0v) is 17.7. The molecular formula is C21H21N5O4S. The number of amides is 2. The third kappa shape index (κ3) is 3.47. The Balaban J connectivity index is 1.25. The zero-order valence-electron chi connectivity index (χ0n) is 16.9. The Morgan fingerprint density at radius 3 is 2.42 bits per heavy atom. The summed E-state index contributed by atoms with van der Waals surface area (Å²) < 4.78 is 32.5. The lowest BCUT2D eigenvalue weighted by Gasteiger charge is -2.24. The lowest BCUT2D eigenvalue weighted by Crippen LogP contribution is -2.42. The summed E-state index contributed by atoms with van der Waals surface area (Å²) >= 11 is 0. The van der Waals surface area contributed by atoms with Gasteiger partial charge in [-0.15, -0.1) is 0 Å². The van der Waals surface area contributed by atoms with Crippen LogP contribution in [0.4, 0.5) is 4.79 Å². The SMILES string of the molecule is C[C@H](NC(=O)N1CC2=C(C1)CN(S(=O)(=O)c1cccc3nonc13)C2)c1ccccc1. The highest BCUT2D eigenvalue weighted by Gasteiger charge is 2.38. The molecule has 160 valence electrons. The van der Waals surface area contributed by atoms with Gasteiger partial charge in [-0.25, -0.2) is 17.8 Å². The van der Waals surface area contributed by atoms with Crippen molar-refractivity contribution >= 4 is 27.1 Å². The molecule has 5 rings (SSSR count). The molecule has 1 aromatic heterocycles. The molecule has 0 spiro atoms. The van der Waals surface area contributed by atoms with Crippen molar-refractivity contribution < 1.29 is 17.8 Å². The minimum atomic E-state index is -3.76. The van der Waals surface area contributed by atoms with Gasteiger partial charge < -0.3 is 10.2 Å². The van der Waals surface area contributed by atoms with Crippen molar-refractivity contribution in [3.05, 3.63) is 65.2 Å². The predicted molar refractivity (Wildman–Crippen MR) is 113 cm³/mol. The molecule has 0 bridgehead atoms. The van der Waals surface area contributed by atoms with Crippen LogP contribution in [0.2, 0.25) is 0 Å². The van der Waals surface area contributed by atoms with E-state index in [1.807, 2.05) is 37.3 Å². The lowest BCUT2D eigenvalue weighted by atomic mass is 10.1. The van der Waals surface area contributed by atoms with E-state index < -0.39 is 10.0 Å². The Kier molecular flexibility index (Phi) is 4.75. The maximum atomic E-state index is 13.2. The van der Waals surface area contributed by atoms with Crippen LogP contribution < -0.4 is 5.32 Å². The molecule has 0 saturated heterocycles. The number of urea groups is 1. The summed E-state index contributed by atoms with van der Waals surface area (Å²) in [6.07, 6.45) is 0. The van der Waals surface area contributed by atoms with Crippen molar-refractivity contribution in [3.8, 4) is 0 Å². The molecule has 0 fully saturated rings. The molecule has 31 heavy (non-hydrogen) atoms. The van der Waals surface area contributed by atoms with Crippen molar-refractivity contribution in [2.45, 2.75) is 17.9 Å². The minimum Gasteiger partial charge on any atom is -0.331 e. The highest BCUT2D eigenvalue weighted by Crippen LogP contribution is 2.32. The number of sulfonamides is 1. The van der Waals surface area contributed by atoms with E-state index in [9.17, 15) is 13.2 Å². The number of nitrogens with one attached hydrogen (secondary N) is 1. The number of carbonyl (C=O) groups is 1. The predicted octanol–water partition coefficient (Wildman–Crippen LogP) is 2.31. The van der Waals surface area contributed by atoms with Crippen LogP contribution in [0.15, 0.2) is 69.2 Å². The molecular weight excluding hydrogens is 418 g/mol. The summed E-state index contributed by atoms with van der Waals surface area (Å²) in [4.78, 5) is 14.5. The smallest absolute Gasteiger partial charge is 0.318 e. The summed E-state index contributed by atoms with van der Waals surface area (Å²) in [6.45, 7) is 3.31. The third-order valence-electron chi connectivity index (χ3n) is 5.79. The third-order valence-corrected chi connectivity index (χ3v) is 7.61. The van der Waals surface area contributed by atoms with Crippen LogP contribution >= 0.6 is 0 Å². The number of nitrogens with zero attached hydrogens (tertiary/aromatic N) is 4. The van der Waals surface area contributed by atoms with Crippen LogP contribution in [0.3, 0.4) is 0 Å². The summed E-state index contributed by atoms with van der Waals surface area (Å²) in [5, 5.41) is 10.5. The van der Waals surface area contributed by atoms with Crippen LogP contribution in [0.25, 0.3) is 11.0 Å². The van der Waals surface area contributed by atoms with Gasteiger partial charge in [0.2, 0.25) is 10.0 Å². The van der Waals surface area contributed by atoms with Gasteiger partial charge in [-0.05, 0) is 46.1 Å². The van der Waals surface area contributed by atoms with Crippen LogP contribution in [0, 0.1) is 0 Å². The van der Waals surface area contributed by atoms with Gasteiger partial charge in [0.05, 0.1) is 6.04 Å². The first-order valence-electron chi connectivity index (χ1n) is 9.95.